The van der Waals surface area contributed by atoms with Gasteiger partial charge in [-0.05, 0) is 110 Å². The molecule has 0 aliphatic heterocycles. The summed E-state index contributed by atoms with van der Waals surface area (Å²) in [6.07, 6.45) is 10.4. The molecule has 0 bridgehead atoms. The van der Waals surface area contributed by atoms with Gasteiger partial charge >= 0.3 is 23.9 Å². The second kappa shape index (κ2) is 23.1. The molecule has 0 heterocycles. The lowest BCUT2D eigenvalue weighted by Gasteiger charge is -2.10. The third kappa shape index (κ3) is 13.8. The maximum absolute atomic E-state index is 14.6. The van der Waals surface area contributed by atoms with Crippen LogP contribution in [0.3, 0.4) is 0 Å². The second-order valence-electron chi connectivity index (χ2n) is 13.9. The molecule has 0 N–H and O–H groups in total. The van der Waals surface area contributed by atoms with Crippen LogP contribution in [-0.2, 0) is 0 Å². The monoisotopic (exact) mass is 822 g/mol. The molecule has 5 aromatic carbocycles. The van der Waals surface area contributed by atoms with Gasteiger partial charge in [-0.1, -0.05) is 71.3 Å². The van der Waals surface area contributed by atoms with Crippen LogP contribution in [0.1, 0.15) is 119 Å². The number of esters is 4. The van der Waals surface area contributed by atoms with Crippen LogP contribution in [0.5, 0.6) is 34.5 Å². The van der Waals surface area contributed by atoms with E-state index in [-0.39, 0.29) is 56.8 Å². The fraction of sp³-hybridized carbons (Fsp3) is 0.292. The topological polar surface area (TPSA) is 124 Å². The molecule has 5 rings (SSSR count). The lowest BCUT2D eigenvalue weighted by Crippen LogP contribution is -2.11. The molecular weight excluding hydrogens is 775 g/mol. The van der Waals surface area contributed by atoms with E-state index in [0.717, 1.165) is 76.3 Å². The summed E-state index contributed by atoms with van der Waals surface area (Å²) in [7, 11) is 0. The van der Waals surface area contributed by atoms with E-state index in [1.807, 2.05) is 0 Å². The number of rotatable bonds is 22. The van der Waals surface area contributed by atoms with Crippen molar-refractivity contribution in [2.24, 2.45) is 0 Å². The summed E-state index contributed by atoms with van der Waals surface area (Å²) in [4.78, 5) is 51.1. The van der Waals surface area contributed by atoms with Crippen molar-refractivity contribution < 1.29 is 56.4 Å². The van der Waals surface area contributed by atoms with Crippen LogP contribution in [0.15, 0.2) is 109 Å². The van der Waals surface area contributed by atoms with E-state index < -0.39 is 35.5 Å². The van der Waals surface area contributed by atoms with Crippen molar-refractivity contribution >= 4 is 23.9 Å². The number of halogens is 2. The van der Waals surface area contributed by atoms with E-state index in [2.05, 4.69) is 13.8 Å². The molecule has 0 amide bonds. The Balaban J connectivity index is 1.07. The smallest absolute Gasteiger partial charge is 0.343 e. The van der Waals surface area contributed by atoms with Crippen molar-refractivity contribution in [3.05, 3.63) is 143 Å². The lowest BCUT2D eigenvalue weighted by atomic mass is 10.2. The molecule has 0 aromatic heterocycles. The minimum Gasteiger partial charge on any atom is -0.491 e. The largest absolute Gasteiger partial charge is 0.491 e. The standard InChI is InChI=1S/C48H48F2O10/c1-3-5-7-9-11-28-55-43-26-20-35(30-41(43)49)47(53)57-37-22-16-33(17-23-37)45(51)59-39-14-13-15-40(32-39)60-46(52)34-18-24-38(25-19-34)58-48(54)36-21-27-44(42(50)31-36)56-29-12-10-8-6-4-2/h13-27,30-32H,3-12,28-29H2,1-2H3. The molecule has 0 atom stereocenters. The van der Waals surface area contributed by atoms with E-state index in [1.54, 1.807) is 0 Å². The number of hydrogen-bond acceptors (Lipinski definition) is 10. The third-order valence-corrected chi connectivity index (χ3v) is 9.17. The first-order valence-corrected chi connectivity index (χ1v) is 20.2. The van der Waals surface area contributed by atoms with Crippen molar-refractivity contribution in [2.45, 2.75) is 78.1 Å². The molecule has 0 saturated heterocycles. The summed E-state index contributed by atoms with van der Waals surface area (Å²) in [6, 6.07) is 24.8. The summed E-state index contributed by atoms with van der Waals surface area (Å²) in [5, 5.41) is 0. The van der Waals surface area contributed by atoms with Gasteiger partial charge in [-0.3, -0.25) is 0 Å². The SMILES string of the molecule is CCCCCCCOc1ccc(C(=O)Oc2ccc(C(=O)Oc3cccc(OC(=O)c4ccc(OC(=O)c5ccc(OCCCCCCC)c(F)c5)cc4)c3)cc2)cc1F. The van der Waals surface area contributed by atoms with E-state index >= 15 is 0 Å². The van der Waals surface area contributed by atoms with Crippen LogP contribution in [-0.4, -0.2) is 37.1 Å². The Morgan fingerprint density at radius 2 is 0.750 bits per heavy atom. The van der Waals surface area contributed by atoms with Gasteiger partial charge in [-0.25, -0.2) is 28.0 Å². The average Bonchev–Trinajstić information content (AvgIpc) is 3.24. The minimum absolute atomic E-state index is 0.00419. The number of unbranched alkanes of at least 4 members (excludes halogenated alkanes) is 8. The van der Waals surface area contributed by atoms with Gasteiger partial charge in [0.25, 0.3) is 0 Å². The number of benzene rings is 5. The number of carbonyl (C=O) groups excluding carboxylic acids is 4. The van der Waals surface area contributed by atoms with Crippen LogP contribution >= 0.6 is 0 Å². The predicted molar refractivity (Wildman–Crippen MR) is 220 cm³/mol. The zero-order valence-electron chi connectivity index (χ0n) is 33.7. The fourth-order valence-corrected chi connectivity index (χ4v) is 5.85. The van der Waals surface area contributed by atoms with E-state index in [9.17, 15) is 28.0 Å². The van der Waals surface area contributed by atoms with Crippen LogP contribution in [0.2, 0.25) is 0 Å². The highest BCUT2D eigenvalue weighted by atomic mass is 19.1. The highest BCUT2D eigenvalue weighted by molar-refractivity contribution is 5.94. The van der Waals surface area contributed by atoms with Gasteiger partial charge in [0.15, 0.2) is 23.1 Å². The first-order valence-electron chi connectivity index (χ1n) is 20.2. The molecule has 0 aliphatic rings. The first kappa shape index (κ1) is 44.5. The first-order chi connectivity index (χ1) is 29.1. The quantitative estimate of drug-likeness (QED) is 0.0378. The van der Waals surface area contributed by atoms with Crippen LogP contribution < -0.4 is 28.4 Å². The Hall–Kier alpha value is -6.56. The molecule has 314 valence electrons. The minimum atomic E-state index is -0.787. The van der Waals surface area contributed by atoms with Gasteiger partial charge < -0.3 is 28.4 Å². The van der Waals surface area contributed by atoms with Gasteiger partial charge in [-0.15, -0.1) is 0 Å². The lowest BCUT2D eigenvalue weighted by molar-refractivity contribution is 0.0722. The van der Waals surface area contributed by atoms with Crippen LogP contribution in [0, 0.1) is 11.6 Å². The number of hydrogen-bond donors (Lipinski definition) is 0. The van der Waals surface area contributed by atoms with Crippen molar-refractivity contribution in [1.29, 1.82) is 0 Å². The molecule has 12 heteroatoms. The van der Waals surface area contributed by atoms with E-state index in [1.165, 1.54) is 97.1 Å². The molecule has 60 heavy (non-hydrogen) atoms. The summed E-state index contributed by atoms with van der Waals surface area (Å²) in [6.45, 7) is 5.03. The normalized spacial score (nSPS) is 10.7. The molecule has 0 aliphatic carbocycles. The van der Waals surface area contributed by atoms with E-state index in [4.69, 9.17) is 28.4 Å². The van der Waals surface area contributed by atoms with Gasteiger partial charge in [-0.2, -0.15) is 0 Å². The molecule has 0 radical (unpaired) electrons. The summed E-state index contributed by atoms with van der Waals surface area (Å²) in [5.41, 5.74) is 0.269. The van der Waals surface area contributed by atoms with Gasteiger partial charge in [0.1, 0.15) is 23.0 Å². The van der Waals surface area contributed by atoms with Crippen molar-refractivity contribution in [3.8, 4) is 34.5 Å². The maximum Gasteiger partial charge on any atom is 0.343 e. The van der Waals surface area contributed by atoms with Gasteiger partial charge in [0.05, 0.1) is 35.5 Å². The van der Waals surface area contributed by atoms with Crippen molar-refractivity contribution in [2.75, 3.05) is 13.2 Å². The summed E-state index contributed by atoms with van der Waals surface area (Å²) < 4.78 is 61.8. The molecular formula is C48H48F2O10. The molecule has 0 unspecified atom stereocenters. The van der Waals surface area contributed by atoms with Crippen LogP contribution in [0.25, 0.3) is 0 Å². The highest BCUT2D eigenvalue weighted by Crippen LogP contribution is 2.25. The maximum atomic E-state index is 14.6. The van der Waals surface area contributed by atoms with Gasteiger partial charge in [0.2, 0.25) is 0 Å². The van der Waals surface area contributed by atoms with Crippen LogP contribution in [0.4, 0.5) is 8.78 Å². The molecule has 0 fully saturated rings. The zero-order chi connectivity index (χ0) is 42.7. The Labute approximate surface area is 348 Å². The summed E-state index contributed by atoms with van der Waals surface area (Å²) in [5.74, 6) is -3.82. The highest BCUT2D eigenvalue weighted by Gasteiger charge is 2.17. The Morgan fingerprint density at radius 1 is 0.400 bits per heavy atom. The van der Waals surface area contributed by atoms with Crippen molar-refractivity contribution in [3.63, 3.8) is 0 Å². The average molecular weight is 823 g/mol. The third-order valence-electron chi connectivity index (χ3n) is 9.17. The molecule has 5 aromatic rings. The Kier molecular flexibility index (Phi) is 17.2. The summed E-state index contributed by atoms with van der Waals surface area (Å²) >= 11 is 0. The number of ether oxygens (including phenoxy) is 6. The Bertz CT molecular complexity index is 2050. The van der Waals surface area contributed by atoms with Crippen molar-refractivity contribution in [1.82, 2.24) is 0 Å². The van der Waals surface area contributed by atoms with E-state index in [0.29, 0.717) is 13.2 Å². The molecule has 0 spiro atoms. The number of carbonyl (C=O) groups is 4. The fourth-order valence-electron chi connectivity index (χ4n) is 5.85. The second-order valence-corrected chi connectivity index (χ2v) is 13.9. The Morgan fingerprint density at radius 3 is 1.13 bits per heavy atom. The predicted octanol–water partition coefficient (Wildman–Crippen LogP) is 11.5. The van der Waals surface area contributed by atoms with Gasteiger partial charge in [0, 0.05) is 6.07 Å². The molecule has 10 nitrogen and oxygen atoms in total. The zero-order valence-corrected chi connectivity index (χ0v) is 33.7. The molecule has 0 saturated carbocycles.